The van der Waals surface area contributed by atoms with Gasteiger partial charge in [-0.1, -0.05) is 12.1 Å². The molecule has 0 fully saturated rings. The quantitative estimate of drug-likeness (QED) is 0.734. The first-order valence-electron chi connectivity index (χ1n) is 7.41. The average molecular weight is 329 g/mol. The van der Waals surface area contributed by atoms with Crippen molar-refractivity contribution in [1.29, 1.82) is 0 Å². The molecule has 0 radical (unpaired) electrons. The lowest BCUT2D eigenvalue weighted by Gasteiger charge is -2.17. The third-order valence-electron chi connectivity index (χ3n) is 3.59. The smallest absolute Gasteiger partial charge is 0.279 e. The molecule has 7 nitrogen and oxygen atoms in total. The van der Waals surface area contributed by atoms with Gasteiger partial charge in [-0.2, -0.15) is 0 Å². The fourth-order valence-electron chi connectivity index (χ4n) is 1.98. The monoisotopic (exact) mass is 329 g/mol. The lowest BCUT2D eigenvalue weighted by molar-refractivity contribution is -0.128. The van der Waals surface area contributed by atoms with Crippen LogP contribution >= 0.6 is 0 Å². The Morgan fingerprint density at radius 1 is 1.12 bits per heavy atom. The first-order chi connectivity index (χ1) is 11.4. The number of pyridine rings is 1. The summed E-state index contributed by atoms with van der Waals surface area (Å²) in [5.74, 6) is -0.635. The summed E-state index contributed by atoms with van der Waals surface area (Å²) in [7, 11) is 0. The molecule has 0 aliphatic heterocycles. The number of aryl methyl sites for hydroxylation is 1. The van der Waals surface area contributed by atoms with Gasteiger partial charge in [-0.05, 0) is 50.1 Å². The number of aromatic nitrogens is 1. The second-order valence-corrected chi connectivity index (χ2v) is 5.31. The Labute approximate surface area is 139 Å². The van der Waals surface area contributed by atoms with Gasteiger partial charge in [0, 0.05) is 6.20 Å². The van der Waals surface area contributed by atoms with E-state index in [2.05, 4.69) is 15.8 Å². The van der Waals surface area contributed by atoms with Crippen LogP contribution in [0, 0.1) is 13.8 Å². The zero-order valence-electron chi connectivity index (χ0n) is 13.7. The van der Waals surface area contributed by atoms with Crippen LogP contribution in [-0.2, 0) is 4.79 Å². The van der Waals surface area contributed by atoms with Crippen LogP contribution in [0.1, 0.15) is 28.4 Å². The minimum absolute atomic E-state index is 0.0964. The molecule has 0 saturated heterocycles. The first-order valence-corrected chi connectivity index (χ1v) is 7.41. The molecule has 1 aromatic heterocycles. The Morgan fingerprint density at radius 2 is 1.88 bits per heavy atom. The van der Waals surface area contributed by atoms with E-state index in [4.69, 9.17) is 4.74 Å². The molecule has 24 heavy (non-hydrogen) atoms. The number of amides is 2. The van der Waals surface area contributed by atoms with E-state index in [1.54, 1.807) is 13.0 Å². The number of hydrogen-bond acceptors (Lipinski definition) is 4. The minimum atomic E-state index is -0.820. The SMILES string of the molecule is Cc1cccc(OC(C)C(=O)NNC(=O)c2ccc[nH]c2=O)c1C. The molecule has 126 valence electrons. The maximum atomic E-state index is 12.0. The van der Waals surface area contributed by atoms with E-state index in [-0.39, 0.29) is 5.56 Å². The van der Waals surface area contributed by atoms with Crippen molar-refractivity contribution in [3.8, 4) is 5.75 Å². The van der Waals surface area contributed by atoms with Gasteiger partial charge in [0.2, 0.25) is 0 Å². The van der Waals surface area contributed by atoms with Crippen LogP contribution in [-0.4, -0.2) is 22.9 Å². The van der Waals surface area contributed by atoms with Crippen molar-refractivity contribution >= 4 is 11.8 Å². The van der Waals surface area contributed by atoms with Gasteiger partial charge >= 0.3 is 0 Å². The van der Waals surface area contributed by atoms with Gasteiger partial charge in [0.25, 0.3) is 17.4 Å². The molecular weight excluding hydrogens is 310 g/mol. The minimum Gasteiger partial charge on any atom is -0.481 e. The molecule has 0 saturated carbocycles. The van der Waals surface area contributed by atoms with Crippen LogP contribution in [0.2, 0.25) is 0 Å². The van der Waals surface area contributed by atoms with Crippen molar-refractivity contribution in [1.82, 2.24) is 15.8 Å². The van der Waals surface area contributed by atoms with Gasteiger partial charge in [-0.25, -0.2) is 0 Å². The molecule has 1 unspecified atom stereocenters. The van der Waals surface area contributed by atoms with E-state index in [0.29, 0.717) is 5.75 Å². The topological polar surface area (TPSA) is 100 Å². The number of nitrogens with one attached hydrogen (secondary N) is 3. The molecule has 2 aromatic rings. The fraction of sp³-hybridized carbons (Fsp3) is 0.235. The van der Waals surface area contributed by atoms with Gasteiger partial charge in [-0.15, -0.1) is 0 Å². The van der Waals surface area contributed by atoms with Crippen molar-refractivity contribution < 1.29 is 14.3 Å². The number of rotatable bonds is 4. The number of H-pyrrole nitrogens is 1. The van der Waals surface area contributed by atoms with Gasteiger partial charge in [0.05, 0.1) is 0 Å². The Balaban J connectivity index is 1.95. The van der Waals surface area contributed by atoms with Crippen LogP contribution in [0.5, 0.6) is 5.75 Å². The van der Waals surface area contributed by atoms with E-state index in [1.807, 2.05) is 26.0 Å². The molecule has 1 heterocycles. The van der Waals surface area contributed by atoms with Crippen molar-refractivity contribution in [2.24, 2.45) is 0 Å². The highest BCUT2D eigenvalue weighted by Crippen LogP contribution is 2.21. The lowest BCUT2D eigenvalue weighted by atomic mass is 10.1. The molecule has 0 bridgehead atoms. The Morgan fingerprint density at radius 3 is 2.58 bits per heavy atom. The van der Waals surface area contributed by atoms with E-state index >= 15 is 0 Å². The highest BCUT2D eigenvalue weighted by Gasteiger charge is 2.17. The van der Waals surface area contributed by atoms with E-state index in [9.17, 15) is 14.4 Å². The average Bonchev–Trinajstić information content (AvgIpc) is 2.56. The highest BCUT2D eigenvalue weighted by molar-refractivity contribution is 5.95. The number of benzene rings is 1. The predicted octanol–water partition coefficient (Wildman–Crippen LogP) is 1.22. The molecule has 2 rings (SSSR count). The Hall–Kier alpha value is -3.09. The number of hydrogen-bond donors (Lipinski definition) is 3. The third-order valence-corrected chi connectivity index (χ3v) is 3.59. The maximum Gasteiger partial charge on any atom is 0.279 e. The van der Waals surface area contributed by atoms with Gasteiger partial charge < -0.3 is 9.72 Å². The van der Waals surface area contributed by atoms with Crippen LogP contribution in [0.25, 0.3) is 0 Å². The maximum absolute atomic E-state index is 12.0. The normalized spacial score (nSPS) is 11.5. The molecule has 0 aliphatic carbocycles. The summed E-state index contributed by atoms with van der Waals surface area (Å²) in [6.45, 7) is 5.42. The van der Waals surface area contributed by atoms with Gasteiger partial charge in [0.1, 0.15) is 11.3 Å². The van der Waals surface area contributed by atoms with Crippen LogP contribution in [0.15, 0.2) is 41.3 Å². The molecule has 7 heteroatoms. The van der Waals surface area contributed by atoms with Crippen LogP contribution in [0.4, 0.5) is 0 Å². The van der Waals surface area contributed by atoms with Gasteiger partial charge in [-0.3, -0.25) is 25.2 Å². The summed E-state index contributed by atoms with van der Waals surface area (Å²) in [6.07, 6.45) is 0.595. The fourth-order valence-corrected chi connectivity index (χ4v) is 1.98. The standard InChI is InChI=1S/C17H19N3O4/c1-10-6-4-8-14(11(10)2)24-12(3)15(21)19-20-17(23)13-7-5-9-18-16(13)22/h4-9,12H,1-3H3,(H,18,22)(H,19,21)(H,20,23). The van der Waals surface area contributed by atoms with Crippen LogP contribution in [0.3, 0.4) is 0 Å². The third kappa shape index (κ3) is 4.01. The molecular formula is C17H19N3O4. The zero-order chi connectivity index (χ0) is 17.7. The lowest BCUT2D eigenvalue weighted by Crippen LogP contribution is -2.48. The summed E-state index contributed by atoms with van der Waals surface area (Å²) >= 11 is 0. The first kappa shape index (κ1) is 17.3. The number of aromatic amines is 1. The summed E-state index contributed by atoms with van der Waals surface area (Å²) in [6, 6.07) is 8.44. The molecule has 1 atom stereocenters. The number of ether oxygens (including phenoxy) is 1. The summed E-state index contributed by atoms with van der Waals surface area (Å²) in [5.41, 5.74) is 5.80. The molecule has 2 amide bonds. The van der Waals surface area contributed by atoms with E-state index in [0.717, 1.165) is 11.1 Å². The highest BCUT2D eigenvalue weighted by atomic mass is 16.5. The molecule has 1 aromatic carbocycles. The van der Waals surface area contributed by atoms with Crippen LogP contribution < -0.4 is 21.1 Å². The predicted molar refractivity (Wildman–Crippen MR) is 88.7 cm³/mol. The van der Waals surface area contributed by atoms with Crippen molar-refractivity contribution in [3.63, 3.8) is 0 Å². The van der Waals surface area contributed by atoms with Crippen molar-refractivity contribution in [2.45, 2.75) is 26.9 Å². The zero-order valence-corrected chi connectivity index (χ0v) is 13.7. The van der Waals surface area contributed by atoms with Crippen molar-refractivity contribution in [3.05, 3.63) is 63.6 Å². The Kier molecular flexibility index (Phi) is 5.36. The number of carbonyl (C=O) groups excluding carboxylic acids is 2. The molecule has 0 aliphatic rings. The molecule has 3 N–H and O–H groups in total. The number of carbonyl (C=O) groups is 2. The molecule has 0 spiro atoms. The van der Waals surface area contributed by atoms with Crippen molar-refractivity contribution in [2.75, 3.05) is 0 Å². The van der Waals surface area contributed by atoms with Gasteiger partial charge in [0.15, 0.2) is 6.10 Å². The second kappa shape index (κ2) is 7.45. The van der Waals surface area contributed by atoms with E-state index < -0.39 is 23.5 Å². The summed E-state index contributed by atoms with van der Waals surface area (Å²) in [5, 5.41) is 0. The van der Waals surface area contributed by atoms with E-state index in [1.165, 1.54) is 18.3 Å². The Bertz CT molecular complexity index is 813. The largest absolute Gasteiger partial charge is 0.481 e. The summed E-state index contributed by atoms with van der Waals surface area (Å²) < 4.78 is 5.62. The second-order valence-electron chi connectivity index (χ2n) is 5.31. The summed E-state index contributed by atoms with van der Waals surface area (Å²) in [4.78, 5) is 37.8. The number of hydrazine groups is 1.